The fourth-order valence-electron chi connectivity index (χ4n) is 3.69. The van der Waals surface area contributed by atoms with E-state index in [1.807, 2.05) is 18.2 Å². The summed E-state index contributed by atoms with van der Waals surface area (Å²) in [5, 5.41) is 9.77. The Morgan fingerprint density at radius 1 is 1.35 bits per heavy atom. The van der Waals surface area contributed by atoms with Crippen molar-refractivity contribution in [1.29, 1.82) is 0 Å². The van der Waals surface area contributed by atoms with Gasteiger partial charge in [0.05, 0.1) is 12.5 Å². The molecule has 1 aliphatic heterocycles. The maximum atomic E-state index is 11.9. The van der Waals surface area contributed by atoms with E-state index < -0.39 is 11.4 Å². The van der Waals surface area contributed by atoms with Gasteiger partial charge >= 0.3 is 5.97 Å². The summed E-state index contributed by atoms with van der Waals surface area (Å²) in [7, 11) is 3.69. The second-order valence-corrected chi connectivity index (χ2v) is 6.72. The van der Waals surface area contributed by atoms with Crippen molar-refractivity contribution in [3.63, 3.8) is 0 Å². The molecule has 2 aliphatic rings. The van der Waals surface area contributed by atoms with E-state index >= 15 is 0 Å². The van der Waals surface area contributed by atoms with Crippen LogP contribution in [0.1, 0.15) is 37.7 Å². The molecule has 1 unspecified atom stereocenters. The van der Waals surface area contributed by atoms with Crippen LogP contribution in [-0.2, 0) is 10.2 Å². The lowest BCUT2D eigenvalue weighted by atomic mass is 9.64. The Hall–Kier alpha value is -1.75. The van der Waals surface area contributed by atoms with Crippen molar-refractivity contribution >= 4 is 5.97 Å². The minimum Gasteiger partial charge on any atom is -0.493 e. The first kappa shape index (κ1) is 16.1. The molecule has 1 heterocycles. The summed E-state index contributed by atoms with van der Waals surface area (Å²) < 4.78 is 11.7. The summed E-state index contributed by atoms with van der Waals surface area (Å²) >= 11 is 0. The van der Waals surface area contributed by atoms with Crippen LogP contribution in [0.2, 0.25) is 0 Å². The molecule has 0 amide bonds. The molecular weight excluding hydrogens is 294 g/mol. The Kier molecular flexibility index (Phi) is 4.48. The SMILES string of the molecule is COc1cccc(C2(C(=O)O)CCC2)c1OC1CCCN(C)C1. The monoisotopic (exact) mass is 319 g/mol. The molecule has 1 aliphatic carbocycles. The number of hydrogen-bond donors (Lipinski definition) is 1. The molecule has 1 atom stereocenters. The highest BCUT2D eigenvalue weighted by atomic mass is 16.5. The topological polar surface area (TPSA) is 59.0 Å². The van der Waals surface area contributed by atoms with E-state index in [4.69, 9.17) is 9.47 Å². The number of hydrogen-bond acceptors (Lipinski definition) is 4. The largest absolute Gasteiger partial charge is 0.493 e. The first-order valence-corrected chi connectivity index (χ1v) is 8.33. The third kappa shape index (κ3) is 2.90. The zero-order valence-electron chi connectivity index (χ0n) is 13.9. The maximum Gasteiger partial charge on any atom is 0.314 e. The predicted molar refractivity (Wildman–Crippen MR) is 87.3 cm³/mol. The van der Waals surface area contributed by atoms with Crippen LogP contribution in [0.5, 0.6) is 11.5 Å². The third-order valence-corrected chi connectivity index (χ3v) is 5.20. The van der Waals surface area contributed by atoms with Crippen molar-refractivity contribution in [3.05, 3.63) is 23.8 Å². The molecule has 1 saturated heterocycles. The molecule has 126 valence electrons. The van der Waals surface area contributed by atoms with Gasteiger partial charge in [0, 0.05) is 12.1 Å². The van der Waals surface area contributed by atoms with Crippen molar-refractivity contribution in [2.75, 3.05) is 27.2 Å². The van der Waals surface area contributed by atoms with E-state index in [2.05, 4.69) is 11.9 Å². The molecule has 0 aromatic heterocycles. The molecule has 1 aromatic carbocycles. The molecule has 3 rings (SSSR count). The van der Waals surface area contributed by atoms with Crippen LogP contribution in [0.25, 0.3) is 0 Å². The van der Waals surface area contributed by atoms with Gasteiger partial charge in [0.2, 0.25) is 0 Å². The standard InChI is InChI=1S/C18H25NO4/c1-19-11-4-6-13(12-19)23-16-14(7-3-8-15(16)22-2)18(17(20)21)9-5-10-18/h3,7-8,13H,4-6,9-12H2,1-2H3,(H,20,21). The summed E-state index contributed by atoms with van der Waals surface area (Å²) in [6, 6.07) is 5.59. The molecule has 23 heavy (non-hydrogen) atoms. The van der Waals surface area contributed by atoms with Crippen molar-refractivity contribution in [1.82, 2.24) is 4.90 Å². The molecule has 0 spiro atoms. The number of carboxylic acids is 1. The molecule has 5 heteroatoms. The number of likely N-dealkylation sites (N-methyl/N-ethyl adjacent to an activating group) is 1. The van der Waals surface area contributed by atoms with Gasteiger partial charge in [0.15, 0.2) is 11.5 Å². The molecule has 1 saturated carbocycles. The van der Waals surface area contributed by atoms with E-state index in [1.54, 1.807) is 7.11 Å². The van der Waals surface area contributed by atoms with Gasteiger partial charge in [-0.15, -0.1) is 0 Å². The summed E-state index contributed by atoms with van der Waals surface area (Å²) in [4.78, 5) is 14.1. The average molecular weight is 319 g/mol. The van der Waals surface area contributed by atoms with Gasteiger partial charge in [-0.25, -0.2) is 0 Å². The lowest BCUT2D eigenvalue weighted by Crippen LogP contribution is -2.43. The van der Waals surface area contributed by atoms with E-state index in [-0.39, 0.29) is 6.10 Å². The average Bonchev–Trinajstić information content (AvgIpc) is 2.47. The van der Waals surface area contributed by atoms with Crippen LogP contribution in [0.3, 0.4) is 0 Å². The van der Waals surface area contributed by atoms with Crippen molar-refractivity contribution in [3.8, 4) is 11.5 Å². The molecule has 1 N–H and O–H groups in total. The van der Waals surface area contributed by atoms with E-state index in [9.17, 15) is 9.90 Å². The smallest absolute Gasteiger partial charge is 0.314 e. The number of nitrogens with zero attached hydrogens (tertiary/aromatic N) is 1. The van der Waals surface area contributed by atoms with Crippen molar-refractivity contribution in [2.24, 2.45) is 0 Å². The van der Waals surface area contributed by atoms with Gasteiger partial charge in [0.1, 0.15) is 6.10 Å². The predicted octanol–water partition coefficient (Wildman–Crippen LogP) is 2.67. The second-order valence-electron chi connectivity index (χ2n) is 6.72. The molecule has 0 radical (unpaired) electrons. The van der Waals surface area contributed by atoms with E-state index in [0.717, 1.165) is 37.9 Å². The van der Waals surface area contributed by atoms with Gasteiger partial charge in [-0.2, -0.15) is 0 Å². The minimum absolute atomic E-state index is 0.0784. The summed E-state index contributed by atoms with van der Waals surface area (Å²) in [5.41, 5.74) is -0.0476. The Morgan fingerprint density at radius 3 is 2.70 bits per heavy atom. The number of likely N-dealkylation sites (tertiary alicyclic amines) is 1. The molecule has 0 bridgehead atoms. The highest BCUT2D eigenvalue weighted by molar-refractivity contribution is 5.84. The van der Waals surface area contributed by atoms with Gasteiger partial charge < -0.3 is 19.5 Å². The Balaban J connectivity index is 1.95. The lowest BCUT2D eigenvalue weighted by molar-refractivity contribution is -0.147. The summed E-state index contributed by atoms with van der Waals surface area (Å²) in [6.45, 7) is 1.94. The Bertz CT molecular complexity index is 582. The zero-order valence-corrected chi connectivity index (χ0v) is 13.9. The Morgan fingerprint density at radius 2 is 2.13 bits per heavy atom. The fourth-order valence-corrected chi connectivity index (χ4v) is 3.69. The molecule has 1 aromatic rings. The fraction of sp³-hybridized carbons (Fsp3) is 0.611. The molecule has 2 fully saturated rings. The quantitative estimate of drug-likeness (QED) is 0.904. The van der Waals surface area contributed by atoms with E-state index in [1.165, 1.54) is 0 Å². The summed E-state index contributed by atoms with van der Waals surface area (Å²) in [6.07, 6.45) is 4.43. The third-order valence-electron chi connectivity index (χ3n) is 5.20. The number of ether oxygens (including phenoxy) is 2. The minimum atomic E-state index is -0.815. The number of benzene rings is 1. The first-order chi connectivity index (χ1) is 11.1. The normalized spacial score (nSPS) is 23.8. The molecular formula is C18H25NO4. The Labute approximate surface area is 137 Å². The molecule has 5 nitrogen and oxygen atoms in total. The van der Waals surface area contributed by atoms with Crippen LogP contribution in [-0.4, -0.2) is 49.3 Å². The maximum absolute atomic E-state index is 11.9. The highest BCUT2D eigenvalue weighted by Gasteiger charge is 2.48. The number of piperidine rings is 1. The van der Waals surface area contributed by atoms with Crippen LogP contribution < -0.4 is 9.47 Å². The number of rotatable bonds is 5. The van der Waals surface area contributed by atoms with Gasteiger partial charge in [-0.05, 0) is 45.3 Å². The second kappa shape index (κ2) is 6.40. The number of aliphatic carboxylic acids is 1. The number of carbonyl (C=O) groups is 1. The zero-order chi connectivity index (χ0) is 16.4. The van der Waals surface area contributed by atoms with Crippen LogP contribution >= 0.6 is 0 Å². The number of methoxy groups -OCH3 is 1. The van der Waals surface area contributed by atoms with Crippen molar-refractivity contribution in [2.45, 2.75) is 43.6 Å². The van der Waals surface area contributed by atoms with Crippen LogP contribution in [0.15, 0.2) is 18.2 Å². The number of para-hydroxylation sites is 1. The van der Waals surface area contributed by atoms with Gasteiger partial charge in [0.25, 0.3) is 0 Å². The van der Waals surface area contributed by atoms with Gasteiger partial charge in [-0.3, -0.25) is 4.79 Å². The number of carboxylic acid groups (broad SMARTS) is 1. The van der Waals surface area contributed by atoms with Crippen LogP contribution in [0, 0.1) is 0 Å². The lowest BCUT2D eigenvalue weighted by Gasteiger charge is -2.40. The van der Waals surface area contributed by atoms with E-state index in [0.29, 0.717) is 24.3 Å². The highest BCUT2D eigenvalue weighted by Crippen LogP contribution is 2.50. The van der Waals surface area contributed by atoms with Crippen molar-refractivity contribution < 1.29 is 19.4 Å². The van der Waals surface area contributed by atoms with Gasteiger partial charge in [-0.1, -0.05) is 18.6 Å². The first-order valence-electron chi connectivity index (χ1n) is 8.33. The summed E-state index contributed by atoms with van der Waals surface area (Å²) in [5.74, 6) is 0.489. The van der Waals surface area contributed by atoms with Crippen LogP contribution in [0.4, 0.5) is 0 Å².